The summed E-state index contributed by atoms with van der Waals surface area (Å²) in [5.41, 5.74) is 3.58. The third-order valence-corrected chi connectivity index (χ3v) is 4.72. The molecule has 0 spiro atoms. The van der Waals surface area contributed by atoms with Crippen LogP contribution in [0.15, 0.2) is 18.2 Å². The zero-order valence-electron chi connectivity index (χ0n) is 12.7. The highest BCUT2D eigenvalue weighted by Crippen LogP contribution is 2.38. The first-order chi connectivity index (χ1) is 10.2. The van der Waals surface area contributed by atoms with E-state index in [-0.39, 0.29) is 6.04 Å². The minimum Gasteiger partial charge on any atom is -0.493 e. The number of benzene rings is 1. The van der Waals surface area contributed by atoms with E-state index in [1.807, 2.05) is 7.05 Å². The van der Waals surface area contributed by atoms with Crippen molar-refractivity contribution in [2.45, 2.75) is 38.6 Å². The van der Waals surface area contributed by atoms with Crippen LogP contribution in [0.25, 0.3) is 0 Å². The van der Waals surface area contributed by atoms with Crippen LogP contribution in [0.4, 0.5) is 0 Å². The number of nitrogens with one attached hydrogen (secondary N) is 1. The average Bonchev–Trinajstić information content (AvgIpc) is 2.98. The number of aromatic nitrogens is 2. The highest BCUT2D eigenvalue weighted by molar-refractivity contribution is 7.05. The Labute approximate surface area is 129 Å². The minimum atomic E-state index is 0.0930. The van der Waals surface area contributed by atoms with Crippen molar-refractivity contribution in [2.24, 2.45) is 0 Å². The maximum Gasteiger partial charge on any atom is 0.127 e. The summed E-state index contributed by atoms with van der Waals surface area (Å²) in [7, 11) is 1.98. The maximum atomic E-state index is 5.96. The van der Waals surface area contributed by atoms with E-state index in [0.29, 0.717) is 5.92 Å². The SMILES string of the molecule is CNC(c1cccc2c1OCCC2)c1snnc1C(C)C. The Morgan fingerprint density at radius 3 is 2.95 bits per heavy atom. The normalized spacial score (nSPS) is 15.6. The van der Waals surface area contributed by atoms with Gasteiger partial charge in [0.1, 0.15) is 5.75 Å². The Bertz CT molecular complexity index is 624. The van der Waals surface area contributed by atoms with Gasteiger partial charge in [-0.3, -0.25) is 0 Å². The number of hydrogen-bond donors (Lipinski definition) is 1. The molecule has 0 amide bonds. The van der Waals surface area contributed by atoms with Crippen LogP contribution in [0.1, 0.15) is 53.9 Å². The van der Waals surface area contributed by atoms with Crippen molar-refractivity contribution >= 4 is 11.5 Å². The quantitative estimate of drug-likeness (QED) is 0.941. The Morgan fingerprint density at radius 1 is 1.33 bits per heavy atom. The molecule has 3 rings (SSSR count). The van der Waals surface area contributed by atoms with E-state index in [0.717, 1.165) is 30.9 Å². The third-order valence-electron chi connectivity index (χ3n) is 3.91. The molecule has 1 aromatic carbocycles. The molecule has 1 atom stereocenters. The standard InChI is InChI=1S/C16H21N3OS/c1-10(2)13-16(21-19-18-13)14(17-3)12-8-4-6-11-7-5-9-20-15(11)12/h4,6,8,10,14,17H,5,7,9H2,1-3H3. The summed E-state index contributed by atoms with van der Waals surface area (Å²) in [5.74, 6) is 1.42. The van der Waals surface area contributed by atoms with Gasteiger partial charge in [0.05, 0.1) is 23.2 Å². The number of ether oxygens (including phenoxy) is 1. The van der Waals surface area contributed by atoms with E-state index in [1.165, 1.54) is 27.5 Å². The van der Waals surface area contributed by atoms with Crippen LogP contribution >= 0.6 is 11.5 Å². The van der Waals surface area contributed by atoms with Crippen molar-refractivity contribution < 1.29 is 4.74 Å². The van der Waals surface area contributed by atoms with Gasteiger partial charge in [-0.2, -0.15) is 0 Å². The summed E-state index contributed by atoms with van der Waals surface area (Å²) in [6.45, 7) is 5.12. The molecule has 2 heterocycles. The Kier molecular flexibility index (Phi) is 4.22. The third kappa shape index (κ3) is 2.68. The van der Waals surface area contributed by atoms with Crippen LogP contribution in [-0.2, 0) is 6.42 Å². The van der Waals surface area contributed by atoms with Crippen molar-refractivity contribution in [3.8, 4) is 5.75 Å². The van der Waals surface area contributed by atoms with Crippen molar-refractivity contribution in [3.05, 3.63) is 39.9 Å². The van der Waals surface area contributed by atoms with Gasteiger partial charge in [-0.1, -0.05) is 36.5 Å². The molecule has 4 nitrogen and oxygen atoms in total. The molecule has 0 saturated heterocycles. The average molecular weight is 303 g/mol. The molecule has 0 radical (unpaired) electrons. The molecule has 1 aliphatic heterocycles. The molecule has 5 heteroatoms. The molecule has 1 N–H and O–H groups in total. The van der Waals surface area contributed by atoms with Crippen molar-refractivity contribution in [1.29, 1.82) is 0 Å². The van der Waals surface area contributed by atoms with E-state index in [2.05, 4.69) is 47.0 Å². The number of nitrogens with zero attached hydrogens (tertiary/aromatic N) is 2. The van der Waals surface area contributed by atoms with Gasteiger partial charge in [-0.25, -0.2) is 0 Å². The molecule has 1 aromatic heterocycles. The van der Waals surface area contributed by atoms with Crippen LogP contribution < -0.4 is 10.1 Å². The molecule has 2 aromatic rings. The second kappa shape index (κ2) is 6.12. The summed E-state index contributed by atoms with van der Waals surface area (Å²) < 4.78 is 10.1. The van der Waals surface area contributed by atoms with Gasteiger partial charge in [-0.15, -0.1) is 5.10 Å². The second-order valence-corrected chi connectivity index (χ2v) is 6.47. The van der Waals surface area contributed by atoms with Crippen molar-refractivity contribution in [2.75, 3.05) is 13.7 Å². The largest absolute Gasteiger partial charge is 0.493 e. The summed E-state index contributed by atoms with van der Waals surface area (Å²) >= 11 is 1.48. The van der Waals surface area contributed by atoms with Gasteiger partial charge in [0.15, 0.2) is 0 Å². The Balaban J connectivity index is 2.06. The van der Waals surface area contributed by atoms with Crippen LogP contribution in [0.5, 0.6) is 5.75 Å². The first-order valence-corrected chi connectivity index (χ1v) is 8.23. The number of aryl methyl sites for hydroxylation is 1. The fraction of sp³-hybridized carbons (Fsp3) is 0.500. The second-order valence-electron chi connectivity index (χ2n) is 5.69. The molecular formula is C16H21N3OS. The highest BCUT2D eigenvalue weighted by Gasteiger charge is 2.26. The molecule has 21 heavy (non-hydrogen) atoms. The lowest BCUT2D eigenvalue weighted by molar-refractivity contribution is 0.283. The summed E-state index contributed by atoms with van der Waals surface area (Å²) in [5, 5.41) is 7.73. The molecule has 0 bridgehead atoms. The summed E-state index contributed by atoms with van der Waals surface area (Å²) in [6.07, 6.45) is 2.19. The van der Waals surface area contributed by atoms with Gasteiger partial charge in [0.2, 0.25) is 0 Å². The van der Waals surface area contributed by atoms with E-state index in [1.54, 1.807) is 0 Å². The van der Waals surface area contributed by atoms with Gasteiger partial charge < -0.3 is 10.1 Å². The molecule has 0 saturated carbocycles. The first-order valence-electron chi connectivity index (χ1n) is 7.46. The lowest BCUT2D eigenvalue weighted by Gasteiger charge is -2.25. The van der Waals surface area contributed by atoms with E-state index < -0.39 is 0 Å². The Morgan fingerprint density at radius 2 is 2.19 bits per heavy atom. The Hall–Kier alpha value is -1.46. The maximum absolute atomic E-state index is 5.96. The predicted octanol–water partition coefficient (Wildman–Crippen LogP) is 3.30. The lowest BCUT2D eigenvalue weighted by Crippen LogP contribution is -2.21. The first kappa shape index (κ1) is 14.5. The van der Waals surface area contributed by atoms with Gasteiger partial charge in [0.25, 0.3) is 0 Å². The van der Waals surface area contributed by atoms with E-state index >= 15 is 0 Å². The number of rotatable bonds is 4. The molecular weight excluding hydrogens is 282 g/mol. The number of hydrogen-bond acceptors (Lipinski definition) is 5. The van der Waals surface area contributed by atoms with Crippen molar-refractivity contribution in [3.63, 3.8) is 0 Å². The lowest BCUT2D eigenvalue weighted by atomic mass is 9.95. The predicted molar refractivity (Wildman–Crippen MR) is 85.2 cm³/mol. The fourth-order valence-electron chi connectivity index (χ4n) is 2.87. The van der Waals surface area contributed by atoms with Gasteiger partial charge in [0, 0.05) is 5.56 Å². The molecule has 1 unspecified atom stereocenters. The number of fused-ring (bicyclic) bond motifs is 1. The van der Waals surface area contributed by atoms with Crippen LogP contribution in [-0.4, -0.2) is 23.2 Å². The topological polar surface area (TPSA) is 47.0 Å². The van der Waals surface area contributed by atoms with Crippen LogP contribution in [0.3, 0.4) is 0 Å². The van der Waals surface area contributed by atoms with Crippen molar-refractivity contribution in [1.82, 2.24) is 14.9 Å². The summed E-state index contributed by atoms with van der Waals surface area (Å²) in [6, 6.07) is 6.53. The fourth-order valence-corrected chi connectivity index (χ4v) is 3.81. The van der Waals surface area contributed by atoms with E-state index in [9.17, 15) is 0 Å². The smallest absolute Gasteiger partial charge is 0.127 e. The highest BCUT2D eigenvalue weighted by atomic mass is 32.1. The summed E-state index contributed by atoms with van der Waals surface area (Å²) in [4.78, 5) is 1.19. The van der Waals surface area contributed by atoms with Crippen LogP contribution in [0.2, 0.25) is 0 Å². The van der Waals surface area contributed by atoms with Gasteiger partial charge >= 0.3 is 0 Å². The molecule has 1 aliphatic rings. The van der Waals surface area contributed by atoms with E-state index in [4.69, 9.17) is 4.74 Å². The molecule has 0 fully saturated rings. The molecule has 0 aliphatic carbocycles. The zero-order valence-corrected chi connectivity index (χ0v) is 13.5. The van der Waals surface area contributed by atoms with Gasteiger partial charge in [-0.05, 0) is 42.9 Å². The molecule has 112 valence electrons. The van der Waals surface area contributed by atoms with Crippen LogP contribution in [0, 0.1) is 0 Å². The zero-order chi connectivity index (χ0) is 14.8. The number of para-hydroxylation sites is 1. The monoisotopic (exact) mass is 303 g/mol. The minimum absolute atomic E-state index is 0.0930.